The van der Waals surface area contributed by atoms with Crippen molar-refractivity contribution in [3.63, 3.8) is 0 Å². The SMILES string of the molecule is CCCCN1C(=S)N[C@H](c2ccccn2)[C@H]1c1cc(C)n(-c2ccc(Br)cc2)c1C. The summed E-state index contributed by atoms with van der Waals surface area (Å²) in [5.41, 5.74) is 5.96. The quantitative estimate of drug-likeness (QED) is 0.435. The minimum Gasteiger partial charge on any atom is -0.352 e. The Bertz CT molecular complexity index is 1030. The van der Waals surface area contributed by atoms with Crippen molar-refractivity contribution in [2.75, 3.05) is 6.54 Å². The first-order valence-electron chi connectivity index (χ1n) is 10.4. The van der Waals surface area contributed by atoms with Gasteiger partial charge in [0, 0.05) is 34.3 Å². The molecule has 0 spiro atoms. The molecule has 156 valence electrons. The first-order chi connectivity index (χ1) is 14.5. The van der Waals surface area contributed by atoms with Gasteiger partial charge in [-0.15, -0.1) is 0 Å². The summed E-state index contributed by atoms with van der Waals surface area (Å²) in [6, 6.07) is 17.0. The van der Waals surface area contributed by atoms with Gasteiger partial charge >= 0.3 is 0 Å². The molecule has 1 fully saturated rings. The van der Waals surface area contributed by atoms with Gasteiger partial charge in [0.1, 0.15) is 0 Å². The van der Waals surface area contributed by atoms with Gasteiger partial charge in [-0.1, -0.05) is 35.3 Å². The Hall–Kier alpha value is -2.18. The van der Waals surface area contributed by atoms with Gasteiger partial charge in [0.25, 0.3) is 0 Å². The van der Waals surface area contributed by atoms with Gasteiger partial charge in [0.2, 0.25) is 0 Å². The molecule has 4 nitrogen and oxygen atoms in total. The summed E-state index contributed by atoms with van der Waals surface area (Å²) in [4.78, 5) is 7.00. The van der Waals surface area contributed by atoms with Crippen molar-refractivity contribution < 1.29 is 0 Å². The molecule has 3 heterocycles. The van der Waals surface area contributed by atoms with E-state index in [1.165, 1.54) is 22.6 Å². The smallest absolute Gasteiger partial charge is 0.170 e. The fraction of sp³-hybridized carbons (Fsp3) is 0.333. The number of benzene rings is 1. The van der Waals surface area contributed by atoms with Crippen LogP contribution in [0.2, 0.25) is 0 Å². The molecule has 0 saturated carbocycles. The van der Waals surface area contributed by atoms with Crippen LogP contribution in [0.4, 0.5) is 0 Å². The average molecular weight is 483 g/mol. The fourth-order valence-corrected chi connectivity index (χ4v) is 4.98. The Labute approximate surface area is 192 Å². The number of aromatic nitrogens is 2. The first-order valence-corrected chi connectivity index (χ1v) is 11.6. The van der Waals surface area contributed by atoms with E-state index >= 15 is 0 Å². The van der Waals surface area contributed by atoms with Crippen LogP contribution in [0.5, 0.6) is 0 Å². The van der Waals surface area contributed by atoms with Gasteiger partial charge < -0.3 is 14.8 Å². The number of pyridine rings is 1. The Kier molecular flexibility index (Phi) is 6.25. The van der Waals surface area contributed by atoms with Crippen LogP contribution in [-0.4, -0.2) is 26.1 Å². The third kappa shape index (κ3) is 3.91. The fourth-order valence-electron chi connectivity index (χ4n) is 4.39. The Morgan fingerprint density at radius 1 is 1.13 bits per heavy atom. The second-order valence-corrected chi connectivity index (χ2v) is 9.11. The van der Waals surface area contributed by atoms with Gasteiger partial charge in [-0.05, 0) is 80.5 Å². The Balaban J connectivity index is 1.81. The molecular weight excluding hydrogens is 456 g/mol. The van der Waals surface area contributed by atoms with Crippen LogP contribution in [0.1, 0.15) is 54.5 Å². The summed E-state index contributed by atoms with van der Waals surface area (Å²) in [5.74, 6) is 0. The number of nitrogens with one attached hydrogen (secondary N) is 1. The number of unbranched alkanes of at least 4 members (excludes halogenated alkanes) is 1. The molecule has 1 saturated heterocycles. The van der Waals surface area contributed by atoms with Crippen LogP contribution in [0.3, 0.4) is 0 Å². The van der Waals surface area contributed by atoms with E-state index in [0.29, 0.717) is 0 Å². The second-order valence-electron chi connectivity index (χ2n) is 7.81. The predicted molar refractivity (Wildman–Crippen MR) is 130 cm³/mol. The maximum absolute atomic E-state index is 5.77. The number of hydrogen-bond acceptors (Lipinski definition) is 2. The summed E-state index contributed by atoms with van der Waals surface area (Å²) in [5, 5.41) is 4.38. The normalized spacial score (nSPS) is 18.7. The third-order valence-electron chi connectivity index (χ3n) is 5.82. The highest BCUT2D eigenvalue weighted by atomic mass is 79.9. The third-order valence-corrected chi connectivity index (χ3v) is 6.71. The lowest BCUT2D eigenvalue weighted by atomic mass is 9.96. The lowest BCUT2D eigenvalue weighted by Gasteiger charge is -2.28. The number of rotatable bonds is 6. The Morgan fingerprint density at radius 2 is 1.90 bits per heavy atom. The summed E-state index contributed by atoms with van der Waals surface area (Å²) in [6.07, 6.45) is 4.10. The van der Waals surface area contributed by atoms with Gasteiger partial charge in [-0.25, -0.2) is 0 Å². The van der Waals surface area contributed by atoms with E-state index in [9.17, 15) is 0 Å². The van der Waals surface area contributed by atoms with Gasteiger partial charge in [0.15, 0.2) is 5.11 Å². The number of halogens is 1. The molecule has 1 aromatic carbocycles. The summed E-state index contributed by atoms with van der Waals surface area (Å²) in [6.45, 7) is 7.54. The number of hydrogen-bond donors (Lipinski definition) is 1. The highest BCUT2D eigenvalue weighted by Crippen LogP contribution is 2.41. The van der Waals surface area contributed by atoms with E-state index in [-0.39, 0.29) is 12.1 Å². The summed E-state index contributed by atoms with van der Waals surface area (Å²) in [7, 11) is 0. The molecule has 4 rings (SSSR count). The lowest BCUT2D eigenvalue weighted by molar-refractivity contribution is 0.312. The molecule has 0 unspecified atom stereocenters. The van der Waals surface area contributed by atoms with E-state index in [2.05, 4.69) is 92.9 Å². The van der Waals surface area contributed by atoms with Gasteiger partial charge in [0.05, 0.1) is 17.8 Å². The molecule has 1 N–H and O–H groups in total. The summed E-state index contributed by atoms with van der Waals surface area (Å²) < 4.78 is 3.41. The van der Waals surface area contributed by atoms with Gasteiger partial charge in [-0.3, -0.25) is 4.98 Å². The number of aryl methyl sites for hydroxylation is 1. The zero-order chi connectivity index (χ0) is 21.3. The highest BCUT2D eigenvalue weighted by Gasteiger charge is 2.41. The molecule has 2 aromatic heterocycles. The van der Waals surface area contributed by atoms with Crippen LogP contribution < -0.4 is 5.32 Å². The van der Waals surface area contributed by atoms with Crippen molar-refractivity contribution >= 4 is 33.3 Å². The zero-order valence-electron chi connectivity index (χ0n) is 17.6. The minimum absolute atomic E-state index is 0.0365. The number of thiocarbonyl (C=S) groups is 1. The topological polar surface area (TPSA) is 33.1 Å². The molecule has 0 radical (unpaired) electrons. The molecule has 0 bridgehead atoms. The largest absolute Gasteiger partial charge is 0.352 e. The average Bonchev–Trinajstić information content (AvgIpc) is 3.23. The van der Waals surface area contributed by atoms with E-state index in [4.69, 9.17) is 12.2 Å². The highest BCUT2D eigenvalue weighted by molar-refractivity contribution is 9.10. The van der Waals surface area contributed by atoms with Crippen molar-refractivity contribution in [1.29, 1.82) is 0 Å². The minimum atomic E-state index is 0.0365. The van der Waals surface area contributed by atoms with Crippen molar-refractivity contribution in [1.82, 2.24) is 19.8 Å². The van der Waals surface area contributed by atoms with Crippen LogP contribution in [0.25, 0.3) is 5.69 Å². The molecular formula is C24H27BrN4S. The lowest BCUT2D eigenvalue weighted by Crippen LogP contribution is -2.30. The van der Waals surface area contributed by atoms with E-state index in [1.807, 2.05) is 18.3 Å². The summed E-state index contributed by atoms with van der Waals surface area (Å²) >= 11 is 9.31. The van der Waals surface area contributed by atoms with Crippen molar-refractivity contribution in [2.24, 2.45) is 0 Å². The molecule has 30 heavy (non-hydrogen) atoms. The van der Waals surface area contributed by atoms with Crippen LogP contribution >= 0.6 is 28.1 Å². The molecule has 0 aliphatic carbocycles. The van der Waals surface area contributed by atoms with E-state index in [1.54, 1.807) is 0 Å². The maximum Gasteiger partial charge on any atom is 0.170 e. The van der Waals surface area contributed by atoms with Crippen molar-refractivity contribution in [3.8, 4) is 5.69 Å². The van der Waals surface area contributed by atoms with Crippen molar-refractivity contribution in [3.05, 3.63) is 81.8 Å². The zero-order valence-corrected chi connectivity index (χ0v) is 20.0. The molecule has 1 aliphatic rings. The van der Waals surface area contributed by atoms with Crippen LogP contribution in [-0.2, 0) is 0 Å². The molecule has 1 aliphatic heterocycles. The van der Waals surface area contributed by atoms with Gasteiger partial charge in [-0.2, -0.15) is 0 Å². The molecule has 3 aromatic rings. The predicted octanol–water partition coefficient (Wildman–Crippen LogP) is 6.02. The Morgan fingerprint density at radius 3 is 2.57 bits per heavy atom. The molecule has 0 amide bonds. The second kappa shape index (κ2) is 8.90. The molecule has 2 atom stereocenters. The monoisotopic (exact) mass is 482 g/mol. The van der Waals surface area contributed by atoms with Crippen LogP contribution in [0.15, 0.2) is 59.2 Å². The van der Waals surface area contributed by atoms with Crippen molar-refractivity contribution in [2.45, 2.75) is 45.7 Å². The first kappa shape index (κ1) is 21.1. The standard InChI is InChI=1S/C24H27BrN4S/c1-4-5-14-28-23(22(27-24(28)30)21-8-6-7-13-26-21)20-15-16(2)29(17(20)3)19-11-9-18(25)10-12-19/h6-13,15,22-23H,4-5,14H2,1-3H3,(H,27,30)/t22-,23-/m1/s1. The van der Waals surface area contributed by atoms with E-state index < -0.39 is 0 Å². The number of nitrogens with zero attached hydrogens (tertiary/aromatic N) is 3. The van der Waals surface area contributed by atoms with E-state index in [0.717, 1.165) is 34.7 Å². The molecule has 6 heteroatoms. The maximum atomic E-state index is 5.77. The van der Waals surface area contributed by atoms with Crippen LogP contribution in [0, 0.1) is 13.8 Å².